The van der Waals surface area contributed by atoms with Crippen LogP contribution < -0.4 is 0 Å². The standard InChI is InChI=1S/C31H35N3O3S2/c1-21(2)34(39(36,37)27-10-6-8-22-9-7-17-32-29(22)27)20-28(35)33-18-15-26-25(16-19-38-26)30(33)23-11-13-24(14-12-23)31(3,4)5/h6-14,16-17,19,21,30H,15,18,20H2,1-5H3. The lowest BCUT2D eigenvalue weighted by molar-refractivity contribution is -0.133. The number of thiophene rings is 1. The molecule has 8 heteroatoms. The summed E-state index contributed by atoms with van der Waals surface area (Å²) in [6.07, 6.45) is 2.35. The highest BCUT2D eigenvalue weighted by Crippen LogP contribution is 2.39. The predicted molar refractivity (Wildman–Crippen MR) is 157 cm³/mol. The number of amides is 1. The van der Waals surface area contributed by atoms with Gasteiger partial charge in [-0.1, -0.05) is 63.2 Å². The van der Waals surface area contributed by atoms with Crippen LogP contribution in [0.4, 0.5) is 0 Å². The van der Waals surface area contributed by atoms with Crippen LogP contribution in [0.25, 0.3) is 10.9 Å². The highest BCUT2D eigenvalue weighted by molar-refractivity contribution is 7.89. The van der Waals surface area contributed by atoms with Gasteiger partial charge in [0.2, 0.25) is 15.9 Å². The van der Waals surface area contributed by atoms with Gasteiger partial charge in [0.05, 0.1) is 18.1 Å². The van der Waals surface area contributed by atoms with Crippen molar-refractivity contribution in [1.29, 1.82) is 0 Å². The van der Waals surface area contributed by atoms with Gasteiger partial charge in [-0.05, 0) is 66.0 Å². The van der Waals surface area contributed by atoms with Gasteiger partial charge in [-0.25, -0.2) is 8.42 Å². The Kier molecular flexibility index (Phi) is 7.39. The van der Waals surface area contributed by atoms with Gasteiger partial charge >= 0.3 is 0 Å². The van der Waals surface area contributed by atoms with E-state index in [9.17, 15) is 13.2 Å². The van der Waals surface area contributed by atoms with E-state index in [1.54, 1.807) is 49.6 Å². The molecule has 0 aliphatic carbocycles. The van der Waals surface area contributed by atoms with Crippen molar-refractivity contribution in [1.82, 2.24) is 14.2 Å². The van der Waals surface area contributed by atoms with Crippen molar-refractivity contribution in [2.75, 3.05) is 13.1 Å². The van der Waals surface area contributed by atoms with Crippen molar-refractivity contribution in [3.8, 4) is 0 Å². The average Bonchev–Trinajstić information content (AvgIpc) is 3.39. The van der Waals surface area contributed by atoms with Gasteiger partial charge < -0.3 is 4.90 Å². The third-order valence-electron chi connectivity index (χ3n) is 7.43. The topological polar surface area (TPSA) is 70.6 Å². The van der Waals surface area contributed by atoms with Crippen LogP contribution in [0, 0.1) is 0 Å². The third kappa shape index (κ3) is 5.25. The zero-order valence-electron chi connectivity index (χ0n) is 23.1. The Labute approximate surface area is 235 Å². The van der Waals surface area contributed by atoms with Crippen LogP contribution in [0.1, 0.15) is 62.2 Å². The number of hydrogen-bond acceptors (Lipinski definition) is 5. The van der Waals surface area contributed by atoms with Gasteiger partial charge in [0.15, 0.2) is 0 Å². The number of rotatable bonds is 6. The summed E-state index contributed by atoms with van der Waals surface area (Å²) in [6, 6.07) is 18.7. The summed E-state index contributed by atoms with van der Waals surface area (Å²) < 4.78 is 29.2. The van der Waals surface area contributed by atoms with Crippen LogP contribution in [-0.4, -0.2) is 47.6 Å². The summed E-state index contributed by atoms with van der Waals surface area (Å²) >= 11 is 1.72. The Hall–Kier alpha value is -3.07. The molecule has 39 heavy (non-hydrogen) atoms. The second kappa shape index (κ2) is 10.5. The number of para-hydroxylation sites is 1. The van der Waals surface area contributed by atoms with Crippen LogP contribution in [-0.2, 0) is 26.7 Å². The maximum atomic E-state index is 14.0. The van der Waals surface area contributed by atoms with E-state index in [0.717, 1.165) is 22.9 Å². The summed E-state index contributed by atoms with van der Waals surface area (Å²) in [5, 5.41) is 2.82. The van der Waals surface area contributed by atoms with E-state index in [1.165, 1.54) is 14.7 Å². The molecule has 1 aliphatic heterocycles. The van der Waals surface area contributed by atoms with E-state index in [0.29, 0.717) is 12.1 Å². The van der Waals surface area contributed by atoms with Crippen LogP contribution in [0.5, 0.6) is 0 Å². The number of hydrogen-bond donors (Lipinski definition) is 0. The molecule has 1 amide bonds. The molecular formula is C31H35N3O3S2. The second-order valence-electron chi connectivity index (χ2n) is 11.4. The molecule has 4 aromatic rings. The molecule has 0 N–H and O–H groups in total. The molecule has 0 saturated carbocycles. The number of sulfonamides is 1. The molecule has 0 radical (unpaired) electrons. The first-order valence-electron chi connectivity index (χ1n) is 13.3. The second-order valence-corrected chi connectivity index (χ2v) is 14.2. The lowest BCUT2D eigenvalue weighted by Crippen LogP contribution is -2.48. The fraction of sp³-hybridized carbons (Fsp3) is 0.355. The Balaban J connectivity index is 1.50. The minimum Gasteiger partial charge on any atom is -0.330 e. The molecule has 1 unspecified atom stereocenters. The van der Waals surface area contributed by atoms with Crippen LogP contribution in [0.3, 0.4) is 0 Å². The normalized spacial score (nSPS) is 16.2. The molecular weight excluding hydrogens is 526 g/mol. The highest BCUT2D eigenvalue weighted by atomic mass is 32.2. The summed E-state index contributed by atoms with van der Waals surface area (Å²) in [4.78, 5) is 21.6. The largest absolute Gasteiger partial charge is 0.330 e. The molecule has 0 saturated heterocycles. The summed E-state index contributed by atoms with van der Waals surface area (Å²) in [5.41, 5.74) is 3.83. The molecule has 204 valence electrons. The third-order valence-corrected chi connectivity index (χ3v) is 10.5. The zero-order chi connectivity index (χ0) is 27.9. The monoisotopic (exact) mass is 561 g/mol. The number of carbonyl (C=O) groups is 1. The first-order valence-corrected chi connectivity index (χ1v) is 15.6. The molecule has 3 heterocycles. The number of carbonyl (C=O) groups excluding carboxylic acids is 1. The smallest absolute Gasteiger partial charge is 0.245 e. The minimum atomic E-state index is -3.99. The fourth-order valence-corrected chi connectivity index (χ4v) is 7.95. The number of pyridine rings is 1. The van der Waals surface area contributed by atoms with Gasteiger partial charge in [-0.15, -0.1) is 11.3 Å². The quantitative estimate of drug-likeness (QED) is 0.282. The summed E-state index contributed by atoms with van der Waals surface area (Å²) in [5.74, 6) is -0.206. The van der Waals surface area contributed by atoms with E-state index >= 15 is 0 Å². The first kappa shape index (κ1) is 27.5. The predicted octanol–water partition coefficient (Wildman–Crippen LogP) is 6.17. The molecule has 0 spiro atoms. The van der Waals surface area contributed by atoms with Gasteiger partial charge in [0.1, 0.15) is 4.90 Å². The number of aromatic nitrogens is 1. The van der Waals surface area contributed by atoms with E-state index in [1.807, 2.05) is 17.0 Å². The summed E-state index contributed by atoms with van der Waals surface area (Å²) in [6.45, 7) is 10.5. The van der Waals surface area contributed by atoms with Crippen LogP contribution in [0.15, 0.2) is 77.1 Å². The first-order chi connectivity index (χ1) is 18.5. The van der Waals surface area contributed by atoms with E-state index in [4.69, 9.17) is 0 Å². The van der Waals surface area contributed by atoms with Gasteiger partial charge in [0, 0.05) is 29.0 Å². The van der Waals surface area contributed by atoms with Crippen molar-refractivity contribution >= 4 is 38.2 Å². The van der Waals surface area contributed by atoms with E-state index < -0.39 is 16.1 Å². The van der Waals surface area contributed by atoms with Crippen LogP contribution in [0.2, 0.25) is 0 Å². The number of benzene rings is 2. The molecule has 0 fully saturated rings. The minimum absolute atomic E-state index is 0.0245. The number of fused-ring (bicyclic) bond motifs is 2. The molecule has 6 nitrogen and oxygen atoms in total. The van der Waals surface area contributed by atoms with Gasteiger partial charge in [-0.2, -0.15) is 4.31 Å². The van der Waals surface area contributed by atoms with Gasteiger partial charge in [0.25, 0.3) is 0 Å². The van der Waals surface area contributed by atoms with E-state index in [2.05, 4.69) is 61.5 Å². The average molecular weight is 562 g/mol. The lowest BCUT2D eigenvalue weighted by Gasteiger charge is -2.38. The molecule has 0 bridgehead atoms. The Morgan fingerprint density at radius 3 is 2.49 bits per heavy atom. The highest BCUT2D eigenvalue weighted by Gasteiger charge is 2.37. The maximum absolute atomic E-state index is 14.0. The van der Waals surface area contributed by atoms with Gasteiger partial charge in [-0.3, -0.25) is 9.78 Å². The molecule has 5 rings (SSSR count). The van der Waals surface area contributed by atoms with Crippen molar-refractivity contribution in [2.45, 2.75) is 63.4 Å². The summed E-state index contributed by atoms with van der Waals surface area (Å²) in [7, 11) is -3.99. The molecule has 1 atom stereocenters. The molecule has 2 aromatic carbocycles. The number of nitrogens with zero attached hydrogens (tertiary/aromatic N) is 3. The lowest BCUT2D eigenvalue weighted by atomic mass is 9.85. The van der Waals surface area contributed by atoms with Crippen molar-refractivity contribution in [3.63, 3.8) is 0 Å². The maximum Gasteiger partial charge on any atom is 0.245 e. The molecule has 2 aromatic heterocycles. The van der Waals surface area contributed by atoms with Crippen molar-refractivity contribution < 1.29 is 13.2 Å². The Bertz CT molecular complexity index is 1600. The fourth-order valence-electron chi connectivity index (χ4n) is 5.29. The zero-order valence-corrected chi connectivity index (χ0v) is 24.7. The Morgan fingerprint density at radius 2 is 1.79 bits per heavy atom. The van der Waals surface area contributed by atoms with E-state index in [-0.39, 0.29) is 28.8 Å². The molecule has 1 aliphatic rings. The Morgan fingerprint density at radius 1 is 1.08 bits per heavy atom. The SMILES string of the molecule is CC(C)N(CC(=O)N1CCc2sccc2C1c1ccc(C(C)(C)C)cc1)S(=O)(=O)c1cccc2cccnc12. The van der Waals surface area contributed by atoms with Crippen molar-refractivity contribution in [3.05, 3.63) is 93.8 Å². The van der Waals surface area contributed by atoms with Crippen molar-refractivity contribution in [2.24, 2.45) is 0 Å². The van der Waals surface area contributed by atoms with Crippen LogP contribution >= 0.6 is 11.3 Å².